The standard InChI is InChI=1S/C22H26N2O6/c1-4-8-23-9-7-14-11-19-20(30-13-29-19)12-16(14)17(23)10-15-5-6-18(27-2)22(28-3)21(15)24(25)26/h5-6,11-12,17H,4,7-10,13H2,1-3H3. The van der Waals surface area contributed by atoms with Gasteiger partial charge in [0, 0.05) is 18.2 Å². The Hall–Kier alpha value is -3.00. The molecule has 2 heterocycles. The maximum absolute atomic E-state index is 11.9. The van der Waals surface area contributed by atoms with E-state index in [-0.39, 0.29) is 29.2 Å². The number of methoxy groups -OCH3 is 2. The summed E-state index contributed by atoms with van der Waals surface area (Å²) in [5.74, 6) is 2.02. The third-order valence-corrected chi connectivity index (χ3v) is 5.81. The monoisotopic (exact) mass is 414 g/mol. The van der Waals surface area contributed by atoms with Gasteiger partial charge in [-0.05, 0) is 61.2 Å². The Morgan fingerprint density at radius 1 is 1.20 bits per heavy atom. The molecule has 0 bridgehead atoms. The Labute approximate surface area is 175 Å². The molecule has 0 amide bonds. The van der Waals surface area contributed by atoms with Crippen LogP contribution in [0.25, 0.3) is 0 Å². The number of ether oxygens (including phenoxy) is 4. The highest BCUT2D eigenvalue weighted by Gasteiger charge is 2.33. The van der Waals surface area contributed by atoms with Gasteiger partial charge in [0.25, 0.3) is 0 Å². The van der Waals surface area contributed by atoms with E-state index in [1.165, 1.54) is 19.8 Å². The number of hydrogen-bond acceptors (Lipinski definition) is 7. The average molecular weight is 414 g/mol. The lowest BCUT2D eigenvalue weighted by atomic mass is 9.87. The third kappa shape index (κ3) is 3.52. The lowest BCUT2D eigenvalue weighted by Crippen LogP contribution is -2.37. The molecule has 0 N–H and O–H groups in total. The second-order valence-electron chi connectivity index (χ2n) is 7.48. The fraction of sp³-hybridized carbons (Fsp3) is 0.455. The van der Waals surface area contributed by atoms with Crippen molar-refractivity contribution in [3.8, 4) is 23.0 Å². The molecule has 2 aromatic carbocycles. The quantitative estimate of drug-likeness (QED) is 0.502. The predicted molar refractivity (Wildman–Crippen MR) is 111 cm³/mol. The summed E-state index contributed by atoms with van der Waals surface area (Å²) >= 11 is 0. The van der Waals surface area contributed by atoms with Crippen LogP contribution >= 0.6 is 0 Å². The van der Waals surface area contributed by atoms with Crippen molar-refractivity contribution < 1.29 is 23.9 Å². The number of rotatable bonds is 7. The highest BCUT2D eigenvalue weighted by Crippen LogP contribution is 2.45. The first kappa shape index (κ1) is 20.3. The molecule has 2 aromatic rings. The minimum atomic E-state index is -0.385. The topological polar surface area (TPSA) is 83.3 Å². The molecule has 8 heteroatoms. The number of fused-ring (bicyclic) bond motifs is 2. The Bertz CT molecular complexity index is 961. The molecule has 0 saturated heterocycles. The summed E-state index contributed by atoms with van der Waals surface area (Å²) in [6.07, 6.45) is 2.41. The fourth-order valence-corrected chi connectivity index (χ4v) is 4.46. The van der Waals surface area contributed by atoms with Crippen LogP contribution in [0.2, 0.25) is 0 Å². The Morgan fingerprint density at radius 3 is 2.63 bits per heavy atom. The van der Waals surface area contributed by atoms with E-state index >= 15 is 0 Å². The summed E-state index contributed by atoms with van der Waals surface area (Å²) in [6.45, 7) is 4.18. The molecule has 2 aliphatic rings. The van der Waals surface area contributed by atoms with Crippen LogP contribution in [0.3, 0.4) is 0 Å². The van der Waals surface area contributed by atoms with Gasteiger partial charge in [0.2, 0.25) is 12.5 Å². The molecular formula is C22H26N2O6. The van der Waals surface area contributed by atoms with Crippen LogP contribution in [0.1, 0.15) is 36.1 Å². The molecule has 160 valence electrons. The van der Waals surface area contributed by atoms with Crippen LogP contribution in [0.5, 0.6) is 23.0 Å². The van der Waals surface area contributed by atoms with Crippen molar-refractivity contribution in [3.63, 3.8) is 0 Å². The summed E-state index contributed by atoms with van der Waals surface area (Å²) in [5, 5.41) is 11.9. The SMILES string of the molecule is CCCN1CCc2cc3c(cc2C1Cc1ccc(OC)c(OC)c1[N+](=O)[O-])OCO3. The van der Waals surface area contributed by atoms with Crippen molar-refractivity contribution in [2.75, 3.05) is 34.1 Å². The van der Waals surface area contributed by atoms with E-state index in [1.807, 2.05) is 6.07 Å². The molecular weight excluding hydrogens is 388 g/mol. The molecule has 0 spiro atoms. The number of benzene rings is 2. The van der Waals surface area contributed by atoms with Crippen LogP contribution in [-0.4, -0.2) is 43.9 Å². The lowest BCUT2D eigenvalue weighted by molar-refractivity contribution is -0.386. The zero-order valence-corrected chi connectivity index (χ0v) is 17.5. The summed E-state index contributed by atoms with van der Waals surface area (Å²) < 4.78 is 21.8. The minimum absolute atomic E-state index is 0.000000945. The molecule has 0 fully saturated rings. The number of nitrogens with zero attached hydrogens (tertiary/aromatic N) is 2. The molecule has 0 aromatic heterocycles. The van der Waals surface area contributed by atoms with Gasteiger partial charge in [-0.2, -0.15) is 0 Å². The Morgan fingerprint density at radius 2 is 1.97 bits per heavy atom. The van der Waals surface area contributed by atoms with E-state index in [0.29, 0.717) is 17.7 Å². The molecule has 4 rings (SSSR count). The van der Waals surface area contributed by atoms with Gasteiger partial charge < -0.3 is 18.9 Å². The Kier molecular flexibility index (Phi) is 5.67. The largest absolute Gasteiger partial charge is 0.493 e. The van der Waals surface area contributed by atoms with Gasteiger partial charge in [-0.25, -0.2) is 0 Å². The van der Waals surface area contributed by atoms with Crippen LogP contribution in [0.15, 0.2) is 24.3 Å². The maximum Gasteiger partial charge on any atom is 0.318 e. The van der Waals surface area contributed by atoms with E-state index in [4.69, 9.17) is 18.9 Å². The first-order chi connectivity index (χ1) is 14.6. The molecule has 0 radical (unpaired) electrons. The van der Waals surface area contributed by atoms with E-state index < -0.39 is 0 Å². The molecule has 30 heavy (non-hydrogen) atoms. The summed E-state index contributed by atoms with van der Waals surface area (Å²) in [7, 11) is 2.90. The van der Waals surface area contributed by atoms with E-state index in [0.717, 1.165) is 43.0 Å². The highest BCUT2D eigenvalue weighted by atomic mass is 16.7. The smallest absolute Gasteiger partial charge is 0.318 e. The molecule has 1 unspecified atom stereocenters. The number of hydrogen-bond donors (Lipinski definition) is 0. The molecule has 8 nitrogen and oxygen atoms in total. The van der Waals surface area contributed by atoms with Gasteiger partial charge in [-0.15, -0.1) is 0 Å². The second kappa shape index (κ2) is 8.39. The van der Waals surface area contributed by atoms with E-state index in [2.05, 4.69) is 17.9 Å². The fourth-order valence-electron chi connectivity index (χ4n) is 4.46. The zero-order valence-electron chi connectivity index (χ0n) is 17.5. The van der Waals surface area contributed by atoms with Gasteiger partial charge in [-0.3, -0.25) is 15.0 Å². The first-order valence-corrected chi connectivity index (χ1v) is 10.1. The zero-order chi connectivity index (χ0) is 21.3. The van der Waals surface area contributed by atoms with E-state index in [9.17, 15) is 10.1 Å². The van der Waals surface area contributed by atoms with Crippen molar-refractivity contribution in [2.24, 2.45) is 0 Å². The molecule has 1 atom stereocenters. The van der Waals surface area contributed by atoms with Crippen molar-refractivity contribution in [2.45, 2.75) is 32.2 Å². The third-order valence-electron chi connectivity index (χ3n) is 5.81. The van der Waals surface area contributed by atoms with Crippen LogP contribution in [0.4, 0.5) is 5.69 Å². The lowest BCUT2D eigenvalue weighted by Gasteiger charge is -2.37. The van der Waals surface area contributed by atoms with Crippen molar-refractivity contribution in [3.05, 3.63) is 51.1 Å². The van der Waals surface area contributed by atoms with Gasteiger partial charge >= 0.3 is 5.69 Å². The summed E-state index contributed by atoms with van der Waals surface area (Å²) in [5.41, 5.74) is 2.93. The molecule has 0 aliphatic carbocycles. The normalized spacial score (nSPS) is 17.5. The average Bonchev–Trinajstić information content (AvgIpc) is 3.20. The first-order valence-electron chi connectivity index (χ1n) is 10.1. The van der Waals surface area contributed by atoms with Crippen LogP contribution < -0.4 is 18.9 Å². The maximum atomic E-state index is 11.9. The summed E-state index contributed by atoms with van der Waals surface area (Å²) in [4.78, 5) is 13.9. The Balaban J connectivity index is 1.78. The number of nitro groups is 1. The minimum Gasteiger partial charge on any atom is -0.493 e. The van der Waals surface area contributed by atoms with Crippen molar-refractivity contribution in [1.29, 1.82) is 0 Å². The second-order valence-corrected chi connectivity index (χ2v) is 7.48. The van der Waals surface area contributed by atoms with Gasteiger partial charge in [0.1, 0.15) is 0 Å². The van der Waals surface area contributed by atoms with Crippen molar-refractivity contribution >= 4 is 5.69 Å². The van der Waals surface area contributed by atoms with Gasteiger partial charge in [-0.1, -0.05) is 6.92 Å². The van der Waals surface area contributed by atoms with E-state index in [1.54, 1.807) is 12.1 Å². The van der Waals surface area contributed by atoms with Gasteiger partial charge in [0.15, 0.2) is 17.2 Å². The van der Waals surface area contributed by atoms with Crippen LogP contribution in [0, 0.1) is 10.1 Å². The van der Waals surface area contributed by atoms with Gasteiger partial charge in [0.05, 0.1) is 19.1 Å². The highest BCUT2D eigenvalue weighted by molar-refractivity contribution is 5.61. The molecule has 0 saturated carbocycles. The number of nitro benzene ring substituents is 1. The summed E-state index contributed by atoms with van der Waals surface area (Å²) in [6, 6.07) is 7.59. The predicted octanol–water partition coefficient (Wildman–Crippen LogP) is 3.89. The molecule has 2 aliphatic heterocycles. The van der Waals surface area contributed by atoms with Crippen molar-refractivity contribution in [1.82, 2.24) is 4.90 Å². The van der Waals surface area contributed by atoms with Crippen LogP contribution in [-0.2, 0) is 12.8 Å².